The van der Waals surface area contributed by atoms with E-state index in [0.717, 1.165) is 39.3 Å². The molecule has 3 aromatic rings. The van der Waals surface area contributed by atoms with E-state index in [-0.39, 0.29) is 11.2 Å². The van der Waals surface area contributed by atoms with E-state index in [9.17, 15) is 9.59 Å². The van der Waals surface area contributed by atoms with Crippen LogP contribution in [0.5, 0.6) is 0 Å². The molecule has 0 radical (unpaired) electrons. The minimum atomic E-state index is -0.434. The van der Waals surface area contributed by atoms with E-state index in [1.54, 1.807) is 24.3 Å². The molecular formula is C23H25N3O3. The Hall–Kier alpha value is -2.96. The molecule has 1 amide bonds. The second kappa shape index (κ2) is 8.59. The smallest absolute Gasteiger partial charge is 0.291 e. The standard InChI is InChI=1S/C23H25N3O3/c1-2-25-11-13-26(14-12-25)16-17-7-9-18(10-8-17)24-23(28)22-15-20(27)19-5-3-4-6-21(19)29-22/h3-10,15H,2,11-14,16H2,1H3,(H,24,28). The molecule has 0 atom stereocenters. The summed E-state index contributed by atoms with van der Waals surface area (Å²) in [6, 6.07) is 16.0. The number of para-hydroxylation sites is 1. The van der Waals surface area contributed by atoms with E-state index in [0.29, 0.717) is 16.7 Å². The van der Waals surface area contributed by atoms with Gasteiger partial charge in [-0.15, -0.1) is 0 Å². The minimum absolute atomic E-state index is 0.00608. The Labute approximate surface area is 169 Å². The molecule has 1 aliphatic rings. The van der Waals surface area contributed by atoms with Crippen LogP contribution < -0.4 is 10.7 Å². The van der Waals surface area contributed by atoms with Gasteiger partial charge in [0.2, 0.25) is 0 Å². The molecule has 0 bridgehead atoms. The van der Waals surface area contributed by atoms with Gasteiger partial charge in [-0.1, -0.05) is 31.2 Å². The van der Waals surface area contributed by atoms with Gasteiger partial charge in [0.15, 0.2) is 11.2 Å². The number of rotatable bonds is 5. The Bertz CT molecular complexity index is 1050. The second-order valence-corrected chi connectivity index (χ2v) is 7.33. The highest BCUT2D eigenvalue weighted by Crippen LogP contribution is 2.16. The first kappa shape index (κ1) is 19.4. The van der Waals surface area contributed by atoms with Gasteiger partial charge in [-0.2, -0.15) is 0 Å². The van der Waals surface area contributed by atoms with Gasteiger partial charge in [0.05, 0.1) is 5.39 Å². The van der Waals surface area contributed by atoms with Crippen LogP contribution in [-0.2, 0) is 6.54 Å². The Morgan fingerprint density at radius 2 is 1.69 bits per heavy atom. The lowest BCUT2D eigenvalue weighted by Gasteiger charge is -2.34. The number of anilines is 1. The first-order valence-electron chi connectivity index (χ1n) is 10.0. The maximum absolute atomic E-state index is 12.5. The fourth-order valence-corrected chi connectivity index (χ4v) is 3.62. The van der Waals surface area contributed by atoms with Crippen molar-refractivity contribution in [2.75, 3.05) is 38.0 Å². The molecule has 0 unspecified atom stereocenters. The summed E-state index contributed by atoms with van der Waals surface area (Å²) in [5.74, 6) is -0.428. The second-order valence-electron chi connectivity index (χ2n) is 7.33. The highest BCUT2D eigenvalue weighted by atomic mass is 16.3. The van der Waals surface area contributed by atoms with Crippen molar-refractivity contribution >= 4 is 22.6 Å². The summed E-state index contributed by atoms with van der Waals surface area (Å²) >= 11 is 0. The maximum Gasteiger partial charge on any atom is 0.291 e. The van der Waals surface area contributed by atoms with Gasteiger partial charge in [0.1, 0.15) is 5.58 Å². The Morgan fingerprint density at radius 1 is 1.00 bits per heavy atom. The fourth-order valence-electron chi connectivity index (χ4n) is 3.62. The van der Waals surface area contributed by atoms with Gasteiger partial charge in [0.25, 0.3) is 5.91 Å². The minimum Gasteiger partial charge on any atom is -0.451 e. The van der Waals surface area contributed by atoms with E-state index in [2.05, 4.69) is 22.0 Å². The molecule has 1 N–H and O–H groups in total. The van der Waals surface area contributed by atoms with Crippen LogP contribution in [0.15, 0.2) is 63.8 Å². The molecule has 6 nitrogen and oxygen atoms in total. The average molecular weight is 391 g/mol. The van der Waals surface area contributed by atoms with Crippen molar-refractivity contribution in [2.45, 2.75) is 13.5 Å². The third kappa shape index (κ3) is 4.55. The molecule has 0 aliphatic carbocycles. The number of carbonyl (C=O) groups excluding carboxylic acids is 1. The molecule has 4 rings (SSSR count). The van der Waals surface area contributed by atoms with E-state index < -0.39 is 5.91 Å². The van der Waals surface area contributed by atoms with Crippen LogP contribution in [0.25, 0.3) is 11.0 Å². The number of benzene rings is 2. The zero-order valence-corrected chi connectivity index (χ0v) is 16.6. The highest BCUT2D eigenvalue weighted by molar-refractivity contribution is 6.02. The van der Waals surface area contributed by atoms with Gasteiger partial charge in [-0.3, -0.25) is 14.5 Å². The average Bonchev–Trinajstić information content (AvgIpc) is 2.75. The number of hydrogen-bond donors (Lipinski definition) is 1. The summed E-state index contributed by atoms with van der Waals surface area (Å²) < 4.78 is 5.60. The third-order valence-corrected chi connectivity index (χ3v) is 5.39. The van der Waals surface area contributed by atoms with E-state index in [1.165, 1.54) is 11.6 Å². The summed E-state index contributed by atoms with van der Waals surface area (Å²) in [5.41, 5.74) is 2.06. The first-order valence-corrected chi connectivity index (χ1v) is 10.0. The number of carbonyl (C=O) groups is 1. The van der Waals surface area contributed by atoms with Crippen molar-refractivity contribution in [3.8, 4) is 0 Å². The number of nitrogens with zero attached hydrogens (tertiary/aromatic N) is 2. The van der Waals surface area contributed by atoms with Gasteiger partial charge in [-0.25, -0.2) is 0 Å². The van der Waals surface area contributed by atoms with Crippen molar-refractivity contribution in [1.29, 1.82) is 0 Å². The largest absolute Gasteiger partial charge is 0.451 e. The molecule has 1 fully saturated rings. The van der Waals surface area contributed by atoms with Gasteiger partial charge >= 0.3 is 0 Å². The number of amides is 1. The summed E-state index contributed by atoms with van der Waals surface area (Å²) in [6.45, 7) is 8.60. The molecule has 0 spiro atoms. The van der Waals surface area contributed by atoms with Crippen molar-refractivity contribution in [3.05, 3.63) is 76.1 Å². The molecule has 6 heteroatoms. The lowest BCUT2D eigenvalue weighted by Crippen LogP contribution is -2.45. The summed E-state index contributed by atoms with van der Waals surface area (Å²) in [7, 11) is 0. The van der Waals surface area contributed by atoms with Gasteiger partial charge < -0.3 is 14.6 Å². The normalized spacial score (nSPS) is 15.5. The number of hydrogen-bond acceptors (Lipinski definition) is 5. The van der Waals surface area contributed by atoms with Crippen LogP contribution in [-0.4, -0.2) is 48.4 Å². The SMILES string of the molecule is CCN1CCN(Cc2ccc(NC(=O)c3cc(=O)c4ccccc4o3)cc2)CC1. The predicted octanol–water partition coefficient (Wildman–Crippen LogP) is 3.18. The summed E-state index contributed by atoms with van der Waals surface area (Å²) in [5, 5.41) is 3.27. The molecule has 2 aromatic carbocycles. The predicted molar refractivity (Wildman–Crippen MR) is 114 cm³/mol. The Morgan fingerprint density at radius 3 is 2.41 bits per heavy atom. The zero-order chi connectivity index (χ0) is 20.2. The molecule has 1 aromatic heterocycles. The number of likely N-dealkylation sites (N-methyl/N-ethyl adjacent to an activating group) is 1. The lowest BCUT2D eigenvalue weighted by molar-refractivity contribution is 0.0997. The van der Waals surface area contributed by atoms with Gasteiger partial charge in [-0.05, 0) is 36.4 Å². The van der Waals surface area contributed by atoms with Crippen molar-refractivity contribution < 1.29 is 9.21 Å². The van der Waals surface area contributed by atoms with Crippen molar-refractivity contribution in [3.63, 3.8) is 0 Å². The maximum atomic E-state index is 12.5. The van der Waals surface area contributed by atoms with Crippen LogP contribution in [0.1, 0.15) is 23.0 Å². The van der Waals surface area contributed by atoms with E-state index in [4.69, 9.17) is 4.42 Å². The third-order valence-electron chi connectivity index (χ3n) is 5.39. The number of nitrogens with one attached hydrogen (secondary N) is 1. The number of piperazine rings is 1. The van der Waals surface area contributed by atoms with Crippen molar-refractivity contribution in [1.82, 2.24) is 9.80 Å². The quantitative estimate of drug-likeness (QED) is 0.724. The monoisotopic (exact) mass is 391 g/mol. The van der Waals surface area contributed by atoms with Crippen LogP contribution in [0.4, 0.5) is 5.69 Å². The van der Waals surface area contributed by atoms with E-state index in [1.807, 2.05) is 24.3 Å². The van der Waals surface area contributed by atoms with Crippen LogP contribution in [0, 0.1) is 0 Å². The molecule has 1 saturated heterocycles. The van der Waals surface area contributed by atoms with Crippen LogP contribution >= 0.6 is 0 Å². The van der Waals surface area contributed by atoms with Crippen LogP contribution in [0.3, 0.4) is 0 Å². The number of fused-ring (bicyclic) bond motifs is 1. The zero-order valence-electron chi connectivity index (χ0n) is 16.6. The molecule has 2 heterocycles. The lowest BCUT2D eigenvalue weighted by atomic mass is 10.1. The molecule has 1 aliphatic heterocycles. The Balaban J connectivity index is 1.40. The molecular weight excluding hydrogens is 366 g/mol. The summed E-state index contributed by atoms with van der Waals surface area (Å²) in [4.78, 5) is 29.6. The van der Waals surface area contributed by atoms with Crippen molar-refractivity contribution in [2.24, 2.45) is 0 Å². The highest BCUT2D eigenvalue weighted by Gasteiger charge is 2.16. The first-order chi connectivity index (χ1) is 14.1. The topological polar surface area (TPSA) is 65.8 Å². The van der Waals surface area contributed by atoms with E-state index >= 15 is 0 Å². The molecule has 29 heavy (non-hydrogen) atoms. The van der Waals surface area contributed by atoms with Gasteiger partial charge in [0, 0.05) is 44.5 Å². The van der Waals surface area contributed by atoms with Crippen LogP contribution in [0.2, 0.25) is 0 Å². The Kier molecular flexibility index (Phi) is 5.74. The fraction of sp³-hybridized carbons (Fsp3) is 0.304. The molecule has 0 saturated carbocycles. The summed E-state index contributed by atoms with van der Waals surface area (Å²) in [6.07, 6.45) is 0. The molecule has 150 valence electrons.